The molecule has 1 aliphatic heterocycles. The number of halogens is 4. The SMILES string of the molecule is CC(=N)C1(C(C)=O)C(=O)Oc2c(F)c(F)c(F)c(F)c2C1O. The summed E-state index contributed by atoms with van der Waals surface area (Å²) < 4.78 is 58.4. The van der Waals surface area contributed by atoms with Crippen LogP contribution in [-0.4, -0.2) is 22.6 Å². The van der Waals surface area contributed by atoms with Gasteiger partial charge in [0.2, 0.25) is 11.6 Å². The third kappa shape index (κ3) is 1.71. The molecule has 5 nitrogen and oxygen atoms in total. The number of fused-ring (bicyclic) bond motifs is 1. The van der Waals surface area contributed by atoms with Crippen LogP contribution in [0.25, 0.3) is 0 Å². The van der Waals surface area contributed by atoms with Gasteiger partial charge in [0.05, 0.1) is 5.56 Å². The van der Waals surface area contributed by atoms with E-state index in [-0.39, 0.29) is 0 Å². The first-order valence-corrected chi connectivity index (χ1v) is 5.91. The normalized spacial score (nSPS) is 23.8. The lowest BCUT2D eigenvalue weighted by Crippen LogP contribution is -2.53. The first-order valence-electron chi connectivity index (χ1n) is 5.91. The maximum absolute atomic E-state index is 13.9. The van der Waals surface area contributed by atoms with Gasteiger partial charge in [-0.2, -0.15) is 4.39 Å². The number of ether oxygens (including phenoxy) is 1. The molecule has 0 bridgehead atoms. The van der Waals surface area contributed by atoms with E-state index in [1.54, 1.807) is 0 Å². The Hall–Kier alpha value is -2.29. The first-order chi connectivity index (χ1) is 10.1. The van der Waals surface area contributed by atoms with Crippen LogP contribution in [0, 0.1) is 34.1 Å². The summed E-state index contributed by atoms with van der Waals surface area (Å²) in [6.07, 6.45) is -2.43. The summed E-state index contributed by atoms with van der Waals surface area (Å²) in [4.78, 5) is 23.7. The van der Waals surface area contributed by atoms with Crippen LogP contribution in [0.15, 0.2) is 0 Å². The summed E-state index contributed by atoms with van der Waals surface area (Å²) in [7, 11) is 0. The van der Waals surface area contributed by atoms with Crippen LogP contribution in [0.3, 0.4) is 0 Å². The van der Waals surface area contributed by atoms with E-state index in [9.17, 15) is 32.3 Å². The number of carbonyl (C=O) groups excluding carboxylic acids is 2. The number of aliphatic hydroxyl groups is 1. The lowest BCUT2D eigenvalue weighted by molar-refractivity contribution is -0.156. The van der Waals surface area contributed by atoms with Crippen molar-refractivity contribution in [2.24, 2.45) is 5.41 Å². The summed E-state index contributed by atoms with van der Waals surface area (Å²) in [5.74, 6) is -12.5. The number of ketones is 1. The lowest BCUT2D eigenvalue weighted by atomic mass is 9.70. The number of esters is 1. The zero-order valence-electron chi connectivity index (χ0n) is 11.3. The van der Waals surface area contributed by atoms with Crippen molar-refractivity contribution < 1.29 is 37.0 Å². The van der Waals surface area contributed by atoms with Gasteiger partial charge in [-0.15, -0.1) is 0 Å². The Labute approximate surface area is 121 Å². The van der Waals surface area contributed by atoms with Crippen molar-refractivity contribution in [2.45, 2.75) is 20.0 Å². The standard InChI is InChI=1S/C13H9F4NO4/c1-3(18)13(4(2)19)11(20)5-6(14)7(15)8(16)9(17)10(5)22-12(13)21/h11,18,20H,1-2H3. The second-order valence-corrected chi connectivity index (χ2v) is 4.78. The average Bonchev–Trinajstić information content (AvgIpc) is 2.41. The van der Waals surface area contributed by atoms with Crippen LogP contribution in [0.5, 0.6) is 5.75 Å². The zero-order chi connectivity index (χ0) is 17.0. The van der Waals surface area contributed by atoms with Gasteiger partial charge in [0, 0.05) is 5.71 Å². The molecule has 0 radical (unpaired) electrons. The molecule has 2 rings (SSSR count). The quantitative estimate of drug-likeness (QED) is 0.165. The molecule has 118 valence electrons. The maximum atomic E-state index is 13.9. The summed E-state index contributed by atoms with van der Waals surface area (Å²) in [5.41, 5.74) is -4.59. The van der Waals surface area contributed by atoms with E-state index in [0.717, 1.165) is 13.8 Å². The van der Waals surface area contributed by atoms with Gasteiger partial charge in [-0.3, -0.25) is 9.59 Å². The third-order valence-corrected chi connectivity index (χ3v) is 3.61. The van der Waals surface area contributed by atoms with Crippen molar-refractivity contribution in [1.29, 1.82) is 5.41 Å². The van der Waals surface area contributed by atoms with Gasteiger partial charge in [-0.05, 0) is 13.8 Å². The van der Waals surface area contributed by atoms with Gasteiger partial charge in [-0.25, -0.2) is 13.2 Å². The molecule has 1 heterocycles. The number of hydrogen-bond donors (Lipinski definition) is 2. The Bertz CT molecular complexity index is 717. The highest BCUT2D eigenvalue weighted by Crippen LogP contribution is 2.48. The number of benzene rings is 1. The number of hydrogen-bond acceptors (Lipinski definition) is 5. The summed E-state index contributed by atoms with van der Waals surface area (Å²) >= 11 is 0. The van der Waals surface area contributed by atoms with Gasteiger partial charge in [0.1, 0.15) is 6.10 Å². The minimum absolute atomic E-state index is 0.715. The van der Waals surface area contributed by atoms with Crippen molar-refractivity contribution in [3.63, 3.8) is 0 Å². The Morgan fingerprint density at radius 1 is 1.14 bits per heavy atom. The van der Waals surface area contributed by atoms with E-state index in [2.05, 4.69) is 4.74 Å². The summed E-state index contributed by atoms with van der Waals surface area (Å²) in [6.45, 7) is 1.78. The molecule has 0 aliphatic carbocycles. The highest BCUT2D eigenvalue weighted by Gasteiger charge is 2.59. The van der Waals surface area contributed by atoms with Gasteiger partial charge in [0.15, 0.2) is 28.6 Å². The van der Waals surface area contributed by atoms with Crippen molar-refractivity contribution in [2.75, 3.05) is 0 Å². The van der Waals surface area contributed by atoms with Crippen molar-refractivity contribution in [3.8, 4) is 5.75 Å². The lowest BCUT2D eigenvalue weighted by Gasteiger charge is -2.37. The summed E-state index contributed by atoms with van der Waals surface area (Å²) in [6, 6.07) is 0. The number of rotatable bonds is 2. The molecule has 0 fully saturated rings. The second kappa shape index (κ2) is 4.87. The molecule has 0 saturated carbocycles. The van der Waals surface area contributed by atoms with Crippen LogP contribution in [0.2, 0.25) is 0 Å². The maximum Gasteiger partial charge on any atom is 0.334 e. The second-order valence-electron chi connectivity index (χ2n) is 4.78. The Morgan fingerprint density at radius 2 is 1.64 bits per heavy atom. The molecule has 2 atom stereocenters. The first kappa shape index (κ1) is 16.1. The predicted octanol–water partition coefficient (Wildman–Crippen LogP) is 1.81. The van der Waals surface area contributed by atoms with Gasteiger partial charge >= 0.3 is 5.97 Å². The number of carbonyl (C=O) groups is 2. The number of aliphatic hydroxyl groups excluding tert-OH is 1. The van der Waals surface area contributed by atoms with E-state index in [0.29, 0.717) is 0 Å². The zero-order valence-corrected chi connectivity index (χ0v) is 11.3. The molecule has 1 aliphatic rings. The molecular formula is C13H9F4NO4. The molecule has 0 amide bonds. The fourth-order valence-corrected chi connectivity index (χ4v) is 2.43. The predicted molar refractivity (Wildman–Crippen MR) is 63.4 cm³/mol. The van der Waals surface area contributed by atoms with Gasteiger partial charge in [0.25, 0.3) is 0 Å². The van der Waals surface area contributed by atoms with Crippen molar-refractivity contribution in [3.05, 3.63) is 28.8 Å². The van der Waals surface area contributed by atoms with Crippen LogP contribution in [-0.2, 0) is 9.59 Å². The minimum Gasteiger partial charge on any atom is -0.422 e. The topological polar surface area (TPSA) is 87.5 Å². The van der Waals surface area contributed by atoms with Crippen molar-refractivity contribution in [1.82, 2.24) is 0 Å². The van der Waals surface area contributed by atoms with Crippen LogP contribution in [0.4, 0.5) is 17.6 Å². The van der Waals surface area contributed by atoms with E-state index < -0.39 is 63.6 Å². The fraction of sp³-hybridized carbons (Fsp3) is 0.308. The Balaban J connectivity index is 2.89. The monoisotopic (exact) mass is 319 g/mol. The van der Waals surface area contributed by atoms with E-state index in [1.807, 2.05) is 0 Å². The molecule has 0 spiro atoms. The van der Waals surface area contributed by atoms with Crippen LogP contribution >= 0.6 is 0 Å². The van der Waals surface area contributed by atoms with E-state index in [4.69, 9.17) is 5.41 Å². The smallest absolute Gasteiger partial charge is 0.334 e. The molecule has 1 aromatic rings. The highest BCUT2D eigenvalue weighted by molar-refractivity contribution is 6.23. The van der Waals surface area contributed by atoms with Crippen molar-refractivity contribution >= 4 is 17.5 Å². The molecule has 9 heteroatoms. The average molecular weight is 319 g/mol. The van der Waals surface area contributed by atoms with E-state index in [1.165, 1.54) is 0 Å². The fourth-order valence-electron chi connectivity index (χ4n) is 2.43. The van der Waals surface area contributed by atoms with Gasteiger partial charge < -0.3 is 15.3 Å². The number of Topliss-reactive ketones (excluding diaryl/α,β-unsaturated/α-hetero) is 1. The molecule has 2 unspecified atom stereocenters. The molecule has 22 heavy (non-hydrogen) atoms. The molecule has 0 aromatic heterocycles. The van der Waals surface area contributed by atoms with E-state index >= 15 is 0 Å². The Morgan fingerprint density at radius 3 is 2.09 bits per heavy atom. The summed E-state index contributed by atoms with van der Waals surface area (Å²) in [5, 5.41) is 17.7. The molecule has 0 saturated heterocycles. The molecular weight excluding hydrogens is 310 g/mol. The Kier molecular flexibility index (Phi) is 3.56. The third-order valence-electron chi connectivity index (χ3n) is 3.61. The van der Waals surface area contributed by atoms with Gasteiger partial charge in [-0.1, -0.05) is 0 Å². The number of nitrogens with one attached hydrogen (secondary N) is 1. The highest BCUT2D eigenvalue weighted by atomic mass is 19.2. The minimum atomic E-state index is -2.65. The van der Waals surface area contributed by atoms with Crippen LogP contribution in [0.1, 0.15) is 25.5 Å². The largest absolute Gasteiger partial charge is 0.422 e. The molecule has 1 aromatic carbocycles. The molecule has 2 N–H and O–H groups in total. The van der Waals surface area contributed by atoms with Crippen LogP contribution < -0.4 is 4.74 Å².